The van der Waals surface area contributed by atoms with E-state index in [0.29, 0.717) is 0 Å². The summed E-state index contributed by atoms with van der Waals surface area (Å²) in [6, 6.07) is 11.9. The Morgan fingerprint density at radius 2 is 2.00 bits per heavy atom. The van der Waals surface area contributed by atoms with E-state index in [1.807, 2.05) is 43.5 Å². The van der Waals surface area contributed by atoms with Gasteiger partial charge < -0.3 is 5.73 Å². The van der Waals surface area contributed by atoms with Crippen molar-refractivity contribution in [2.45, 2.75) is 6.92 Å². The van der Waals surface area contributed by atoms with E-state index in [-0.39, 0.29) is 0 Å². The first-order valence-electron chi connectivity index (χ1n) is 5.66. The number of hydrogen-bond donors (Lipinski definition) is 1. The van der Waals surface area contributed by atoms with Crippen LogP contribution in [0.15, 0.2) is 47.1 Å². The van der Waals surface area contributed by atoms with Gasteiger partial charge in [-0.15, -0.1) is 0 Å². The van der Waals surface area contributed by atoms with Crippen molar-refractivity contribution in [1.82, 2.24) is 9.38 Å². The number of halogens is 1. The Morgan fingerprint density at radius 1 is 1.22 bits per heavy atom. The fourth-order valence-electron chi connectivity index (χ4n) is 2.08. The molecule has 0 atom stereocenters. The number of benzene rings is 1. The van der Waals surface area contributed by atoms with Crippen LogP contribution in [0.25, 0.3) is 16.9 Å². The Balaban J connectivity index is 2.34. The molecule has 0 saturated heterocycles. The quantitative estimate of drug-likeness (QED) is 0.745. The summed E-state index contributed by atoms with van der Waals surface area (Å²) in [5, 5.41) is 0. The number of pyridine rings is 1. The third-order valence-electron chi connectivity index (χ3n) is 2.97. The molecule has 0 radical (unpaired) electrons. The molecule has 0 saturated carbocycles. The van der Waals surface area contributed by atoms with Crippen LogP contribution < -0.4 is 5.73 Å². The van der Waals surface area contributed by atoms with Gasteiger partial charge in [-0.05, 0) is 25.1 Å². The molecule has 0 fully saturated rings. The van der Waals surface area contributed by atoms with Crippen molar-refractivity contribution < 1.29 is 0 Å². The van der Waals surface area contributed by atoms with E-state index < -0.39 is 0 Å². The van der Waals surface area contributed by atoms with E-state index in [9.17, 15) is 0 Å². The molecule has 90 valence electrons. The molecule has 2 heterocycles. The highest BCUT2D eigenvalue weighted by molar-refractivity contribution is 9.10. The second-order valence-corrected chi connectivity index (χ2v) is 5.07. The van der Waals surface area contributed by atoms with Crippen LogP contribution in [0.5, 0.6) is 0 Å². The summed E-state index contributed by atoms with van der Waals surface area (Å²) in [6.45, 7) is 2.00. The molecular formula is C14H12BrN3. The van der Waals surface area contributed by atoms with Crippen LogP contribution in [-0.4, -0.2) is 9.38 Å². The van der Waals surface area contributed by atoms with Crippen LogP contribution in [0.4, 0.5) is 5.69 Å². The zero-order chi connectivity index (χ0) is 12.7. The molecule has 0 amide bonds. The van der Waals surface area contributed by atoms with E-state index >= 15 is 0 Å². The minimum atomic E-state index is 0.754. The van der Waals surface area contributed by atoms with Crippen LogP contribution >= 0.6 is 15.9 Å². The van der Waals surface area contributed by atoms with Crippen LogP contribution in [-0.2, 0) is 0 Å². The van der Waals surface area contributed by atoms with Gasteiger partial charge in [0.2, 0.25) is 0 Å². The first-order valence-corrected chi connectivity index (χ1v) is 6.45. The molecule has 3 nitrogen and oxygen atoms in total. The third kappa shape index (κ3) is 1.69. The second kappa shape index (κ2) is 4.14. The maximum atomic E-state index is 5.82. The predicted octanol–water partition coefficient (Wildman–Crippen LogP) is 3.65. The summed E-state index contributed by atoms with van der Waals surface area (Å²) in [7, 11) is 0. The number of hydrogen-bond acceptors (Lipinski definition) is 2. The summed E-state index contributed by atoms with van der Waals surface area (Å²) in [6.07, 6.45) is 1.96. The lowest BCUT2D eigenvalue weighted by Gasteiger charge is -2.04. The summed E-state index contributed by atoms with van der Waals surface area (Å²) >= 11 is 3.56. The smallest absolute Gasteiger partial charge is 0.145 e. The molecule has 1 aromatic carbocycles. The average Bonchev–Trinajstić information content (AvgIpc) is 2.67. The molecule has 0 aliphatic carbocycles. The highest BCUT2D eigenvalue weighted by Gasteiger charge is 2.12. The summed E-state index contributed by atoms with van der Waals surface area (Å²) < 4.78 is 3.10. The molecule has 0 aliphatic heterocycles. The van der Waals surface area contributed by atoms with E-state index in [4.69, 9.17) is 5.73 Å². The van der Waals surface area contributed by atoms with Crippen molar-refractivity contribution in [3.05, 3.63) is 52.8 Å². The van der Waals surface area contributed by atoms with Gasteiger partial charge in [-0.1, -0.05) is 34.1 Å². The number of nitrogen functional groups attached to an aromatic ring is 1. The molecule has 0 spiro atoms. The zero-order valence-electron chi connectivity index (χ0n) is 9.89. The van der Waals surface area contributed by atoms with Gasteiger partial charge >= 0.3 is 0 Å². The SMILES string of the molecule is Cc1nc(-c2ccccc2Br)n2ccc(N)cc12. The maximum Gasteiger partial charge on any atom is 0.145 e. The molecular weight excluding hydrogens is 290 g/mol. The number of aromatic nitrogens is 2. The Bertz CT molecular complexity index is 731. The maximum absolute atomic E-state index is 5.82. The lowest BCUT2D eigenvalue weighted by molar-refractivity contribution is 1.16. The fourth-order valence-corrected chi connectivity index (χ4v) is 2.54. The molecule has 0 unspecified atom stereocenters. The Hall–Kier alpha value is -1.81. The van der Waals surface area contributed by atoms with E-state index in [1.165, 1.54) is 0 Å². The topological polar surface area (TPSA) is 43.3 Å². The molecule has 3 rings (SSSR count). The lowest BCUT2D eigenvalue weighted by atomic mass is 10.2. The number of imidazole rings is 1. The largest absolute Gasteiger partial charge is 0.399 e. The molecule has 0 aliphatic rings. The second-order valence-electron chi connectivity index (χ2n) is 4.22. The Morgan fingerprint density at radius 3 is 2.78 bits per heavy atom. The van der Waals surface area contributed by atoms with Gasteiger partial charge in [-0.3, -0.25) is 4.40 Å². The van der Waals surface area contributed by atoms with Crippen molar-refractivity contribution in [2.24, 2.45) is 0 Å². The highest BCUT2D eigenvalue weighted by atomic mass is 79.9. The molecule has 0 bridgehead atoms. The normalized spacial score (nSPS) is 11.0. The zero-order valence-corrected chi connectivity index (χ0v) is 11.5. The fraction of sp³-hybridized carbons (Fsp3) is 0.0714. The van der Waals surface area contributed by atoms with Crippen molar-refractivity contribution in [3.63, 3.8) is 0 Å². The minimum absolute atomic E-state index is 0.754. The van der Waals surface area contributed by atoms with Gasteiger partial charge in [-0.25, -0.2) is 4.98 Å². The monoisotopic (exact) mass is 301 g/mol. The molecule has 2 aromatic heterocycles. The number of aryl methyl sites for hydroxylation is 1. The first-order chi connectivity index (χ1) is 8.66. The first kappa shape index (κ1) is 11.3. The Kier molecular flexibility index (Phi) is 2.59. The molecule has 2 N–H and O–H groups in total. The number of nitrogens with two attached hydrogens (primary N) is 1. The van der Waals surface area contributed by atoms with Gasteiger partial charge in [0.15, 0.2) is 0 Å². The Labute approximate surface area is 113 Å². The standard InChI is InChI=1S/C14H12BrN3/c1-9-13-8-10(16)6-7-18(13)14(17-9)11-4-2-3-5-12(11)15/h2-8H,16H2,1H3. The number of nitrogens with zero attached hydrogens (tertiary/aromatic N) is 2. The van der Waals surface area contributed by atoms with Gasteiger partial charge in [0.05, 0.1) is 11.2 Å². The number of anilines is 1. The number of fused-ring (bicyclic) bond motifs is 1. The summed E-state index contributed by atoms with van der Waals surface area (Å²) in [4.78, 5) is 4.64. The van der Waals surface area contributed by atoms with Crippen LogP contribution in [0.1, 0.15) is 5.69 Å². The van der Waals surface area contributed by atoms with Gasteiger partial charge in [0.1, 0.15) is 5.82 Å². The molecule has 4 heteroatoms. The van der Waals surface area contributed by atoms with Gasteiger partial charge in [0, 0.05) is 21.9 Å². The summed E-state index contributed by atoms with van der Waals surface area (Å²) in [5.41, 5.74) is 9.67. The van der Waals surface area contributed by atoms with Crippen molar-refractivity contribution >= 4 is 27.1 Å². The lowest BCUT2D eigenvalue weighted by Crippen LogP contribution is -1.92. The summed E-state index contributed by atoms with van der Waals surface area (Å²) in [5.74, 6) is 0.926. The van der Waals surface area contributed by atoms with Gasteiger partial charge in [-0.2, -0.15) is 0 Å². The third-order valence-corrected chi connectivity index (χ3v) is 3.66. The molecule has 3 aromatic rings. The predicted molar refractivity (Wildman–Crippen MR) is 77.5 cm³/mol. The van der Waals surface area contributed by atoms with Crippen LogP contribution in [0, 0.1) is 6.92 Å². The van der Waals surface area contributed by atoms with Gasteiger partial charge in [0.25, 0.3) is 0 Å². The van der Waals surface area contributed by atoms with Crippen molar-refractivity contribution in [3.8, 4) is 11.4 Å². The van der Waals surface area contributed by atoms with E-state index in [1.54, 1.807) is 0 Å². The van der Waals surface area contributed by atoms with Crippen molar-refractivity contribution in [2.75, 3.05) is 5.73 Å². The number of rotatable bonds is 1. The van der Waals surface area contributed by atoms with E-state index in [2.05, 4.69) is 31.4 Å². The highest BCUT2D eigenvalue weighted by Crippen LogP contribution is 2.29. The minimum Gasteiger partial charge on any atom is -0.399 e. The molecule has 18 heavy (non-hydrogen) atoms. The van der Waals surface area contributed by atoms with Crippen molar-refractivity contribution in [1.29, 1.82) is 0 Å². The average molecular weight is 302 g/mol. The van der Waals surface area contributed by atoms with Crippen LogP contribution in [0.3, 0.4) is 0 Å². The van der Waals surface area contributed by atoms with E-state index in [0.717, 1.165) is 32.8 Å². The van der Waals surface area contributed by atoms with Crippen LogP contribution in [0.2, 0.25) is 0 Å².